The molecule has 0 spiro atoms. The Balaban J connectivity index is 3.76. The molecule has 0 aliphatic carbocycles. The Morgan fingerprint density at radius 1 is 0.875 bits per heavy atom. The molecular formula is C15H33N. The van der Waals surface area contributed by atoms with Crippen LogP contribution in [0.4, 0.5) is 0 Å². The van der Waals surface area contributed by atoms with Crippen LogP contribution in [0.3, 0.4) is 0 Å². The molecule has 0 rings (SSSR count). The van der Waals surface area contributed by atoms with E-state index in [1.807, 2.05) is 0 Å². The fourth-order valence-electron chi connectivity index (χ4n) is 2.62. The maximum Gasteiger partial charge on any atom is 0.00693 e. The summed E-state index contributed by atoms with van der Waals surface area (Å²) in [7, 11) is 0. The van der Waals surface area contributed by atoms with Gasteiger partial charge >= 0.3 is 0 Å². The SMILES string of the molecule is CCCCCCCC(C(C)C)C(C)NCC. The summed E-state index contributed by atoms with van der Waals surface area (Å²) in [5, 5.41) is 3.58. The average Bonchev–Trinajstić information content (AvgIpc) is 2.23. The van der Waals surface area contributed by atoms with Gasteiger partial charge in [-0.25, -0.2) is 0 Å². The monoisotopic (exact) mass is 227 g/mol. The summed E-state index contributed by atoms with van der Waals surface area (Å²) in [6.07, 6.45) is 8.43. The summed E-state index contributed by atoms with van der Waals surface area (Å²) in [6.45, 7) is 12.7. The molecule has 0 saturated heterocycles. The summed E-state index contributed by atoms with van der Waals surface area (Å²) < 4.78 is 0. The maximum absolute atomic E-state index is 3.58. The van der Waals surface area contributed by atoms with Gasteiger partial charge in [-0.1, -0.05) is 59.8 Å². The molecule has 1 nitrogen and oxygen atoms in total. The van der Waals surface area contributed by atoms with Crippen molar-refractivity contribution < 1.29 is 0 Å². The van der Waals surface area contributed by atoms with Gasteiger partial charge in [0, 0.05) is 6.04 Å². The highest BCUT2D eigenvalue weighted by atomic mass is 14.9. The molecule has 2 atom stereocenters. The minimum Gasteiger partial charge on any atom is -0.314 e. The highest BCUT2D eigenvalue weighted by molar-refractivity contribution is 4.74. The maximum atomic E-state index is 3.58. The molecule has 1 N–H and O–H groups in total. The first-order valence-electron chi connectivity index (χ1n) is 7.36. The topological polar surface area (TPSA) is 12.0 Å². The van der Waals surface area contributed by atoms with E-state index in [9.17, 15) is 0 Å². The van der Waals surface area contributed by atoms with Crippen molar-refractivity contribution >= 4 is 0 Å². The zero-order valence-corrected chi connectivity index (χ0v) is 12.2. The lowest BCUT2D eigenvalue weighted by atomic mass is 9.84. The van der Waals surface area contributed by atoms with E-state index in [2.05, 4.69) is 39.9 Å². The summed E-state index contributed by atoms with van der Waals surface area (Å²) in [6, 6.07) is 0.677. The van der Waals surface area contributed by atoms with Crippen LogP contribution in [-0.2, 0) is 0 Å². The third-order valence-corrected chi connectivity index (χ3v) is 3.67. The number of hydrogen-bond acceptors (Lipinski definition) is 1. The Morgan fingerprint density at radius 3 is 2.00 bits per heavy atom. The van der Waals surface area contributed by atoms with Crippen LogP contribution in [0.5, 0.6) is 0 Å². The van der Waals surface area contributed by atoms with Gasteiger partial charge in [-0.15, -0.1) is 0 Å². The van der Waals surface area contributed by atoms with E-state index in [0.29, 0.717) is 6.04 Å². The van der Waals surface area contributed by atoms with Gasteiger partial charge in [-0.3, -0.25) is 0 Å². The molecule has 0 radical (unpaired) electrons. The number of rotatable bonds is 10. The Morgan fingerprint density at radius 2 is 1.50 bits per heavy atom. The lowest BCUT2D eigenvalue weighted by molar-refractivity contribution is 0.268. The van der Waals surface area contributed by atoms with Gasteiger partial charge in [0.25, 0.3) is 0 Å². The van der Waals surface area contributed by atoms with Gasteiger partial charge in [0.1, 0.15) is 0 Å². The van der Waals surface area contributed by atoms with Crippen LogP contribution in [0.25, 0.3) is 0 Å². The lowest BCUT2D eigenvalue weighted by Crippen LogP contribution is -2.36. The Hall–Kier alpha value is -0.0400. The zero-order valence-electron chi connectivity index (χ0n) is 12.2. The fraction of sp³-hybridized carbons (Fsp3) is 1.00. The van der Waals surface area contributed by atoms with Crippen LogP contribution in [0.1, 0.15) is 73.1 Å². The normalized spacial score (nSPS) is 15.4. The van der Waals surface area contributed by atoms with E-state index < -0.39 is 0 Å². The summed E-state index contributed by atoms with van der Waals surface area (Å²) in [5.41, 5.74) is 0. The molecule has 0 fully saturated rings. The third-order valence-electron chi connectivity index (χ3n) is 3.67. The van der Waals surface area contributed by atoms with Crippen LogP contribution in [0, 0.1) is 11.8 Å². The summed E-state index contributed by atoms with van der Waals surface area (Å²) in [4.78, 5) is 0. The van der Waals surface area contributed by atoms with E-state index in [1.54, 1.807) is 0 Å². The van der Waals surface area contributed by atoms with Gasteiger partial charge in [-0.2, -0.15) is 0 Å². The lowest BCUT2D eigenvalue weighted by Gasteiger charge is -2.28. The number of hydrogen-bond donors (Lipinski definition) is 1. The van der Waals surface area contributed by atoms with E-state index in [0.717, 1.165) is 18.4 Å². The van der Waals surface area contributed by atoms with Crippen molar-refractivity contribution in [3.63, 3.8) is 0 Å². The second-order valence-corrected chi connectivity index (χ2v) is 5.46. The first-order valence-corrected chi connectivity index (χ1v) is 7.36. The molecule has 0 heterocycles. The van der Waals surface area contributed by atoms with Crippen molar-refractivity contribution in [2.24, 2.45) is 11.8 Å². The highest BCUT2D eigenvalue weighted by Gasteiger charge is 2.19. The summed E-state index contributed by atoms with van der Waals surface area (Å²) >= 11 is 0. The quantitative estimate of drug-likeness (QED) is 0.537. The predicted octanol–water partition coefficient (Wildman–Crippen LogP) is 4.62. The van der Waals surface area contributed by atoms with Gasteiger partial charge in [0.2, 0.25) is 0 Å². The molecule has 0 amide bonds. The molecule has 16 heavy (non-hydrogen) atoms. The molecule has 0 aromatic heterocycles. The third kappa shape index (κ3) is 7.27. The molecule has 2 unspecified atom stereocenters. The van der Waals surface area contributed by atoms with Gasteiger partial charge < -0.3 is 5.32 Å². The van der Waals surface area contributed by atoms with Gasteiger partial charge in [0.15, 0.2) is 0 Å². The van der Waals surface area contributed by atoms with Crippen molar-refractivity contribution in [2.45, 2.75) is 79.2 Å². The van der Waals surface area contributed by atoms with Crippen molar-refractivity contribution in [2.75, 3.05) is 6.54 Å². The van der Waals surface area contributed by atoms with Crippen molar-refractivity contribution in [1.29, 1.82) is 0 Å². The molecule has 0 saturated carbocycles. The summed E-state index contributed by atoms with van der Waals surface area (Å²) in [5.74, 6) is 1.65. The van der Waals surface area contributed by atoms with Crippen LogP contribution < -0.4 is 5.32 Å². The highest BCUT2D eigenvalue weighted by Crippen LogP contribution is 2.22. The van der Waals surface area contributed by atoms with Crippen LogP contribution >= 0.6 is 0 Å². The van der Waals surface area contributed by atoms with Gasteiger partial charge in [-0.05, 0) is 31.7 Å². The molecule has 98 valence electrons. The molecular weight excluding hydrogens is 194 g/mol. The molecule has 1 heteroatoms. The second-order valence-electron chi connectivity index (χ2n) is 5.46. The second kappa shape index (κ2) is 10.1. The molecule has 0 aromatic carbocycles. The van der Waals surface area contributed by atoms with Crippen LogP contribution in [0.2, 0.25) is 0 Å². The molecule has 0 bridgehead atoms. The van der Waals surface area contributed by atoms with E-state index in [4.69, 9.17) is 0 Å². The minimum absolute atomic E-state index is 0.677. The van der Waals surface area contributed by atoms with Crippen molar-refractivity contribution in [3.05, 3.63) is 0 Å². The smallest absolute Gasteiger partial charge is 0.00693 e. The Bertz CT molecular complexity index is 142. The zero-order chi connectivity index (χ0) is 12.4. The first-order chi connectivity index (χ1) is 7.63. The standard InChI is InChI=1S/C15H33N/c1-6-8-9-10-11-12-15(13(3)4)14(5)16-7-2/h13-16H,6-12H2,1-5H3. The van der Waals surface area contributed by atoms with Crippen LogP contribution in [0.15, 0.2) is 0 Å². The minimum atomic E-state index is 0.677. The van der Waals surface area contributed by atoms with Crippen molar-refractivity contribution in [3.8, 4) is 0 Å². The van der Waals surface area contributed by atoms with E-state index in [1.165, 1.54) is 38.5 Å². The number of unbranched alkanes of at least 4 members (excludes halogenated alkanes) is 4. The van der Waals surface area contributed by atoms with Gasteiger partial charge in [0.05, 0.1) is 0 Å². The first kappa shape index (κ1) is 16.0. The molecule has 0 aliphatic heterocycles. The number of nitrogens with one attached hydrogen (secondary N) is 1. The van der Waals surface area contributed by atoms with E-state index >= 15 is 0 Å². The Kier molecular flexibility index (Phi) is 10.1. The predicted molar refractivity (Wildman–Crippen MR) is 74.8 cm³/mol. The Labute approximate surface area is 103 Å². The fourth-order valence-corrected chi connectivity index (χ4v) is 2.62. The largest absolute Gasteiger partial charge is 0.314 e. The van der Waals surface area contributed by atoms with Crippen LogP contribution in [-0.4, -0.2) is 12.6 Å². The van der Waals surface area contributed by atoms with E-state index in [-0.39, 0.29) is 0 Å². The van der Waals surface area contributed by atoms with Crippen molar-refractivity contribution in [1.82, 2.24) is 5.32 Å². The molecule has 0 aliphatic rings. The molecule has 0 aromatic rings. The average molecular weight is 227 g/mol.